The summed E-state index contributed by atoms with van der Waals surface area (Å²) in [5, 5.41) is 0. The number of hydrogen-bond acceptors (Lipinski definition) is 5. The van der Waals surface area contributed by atoms with Gasteiger partial charge in [0.05, 0.1) is 11.0 Å². The average Bonchev–Trinajstić information content (AvgIpc) is 3.31. The van der Waals surface area contributed by atoms with E-state index >= 15 is 0 Å². The van der Waals surface area contributed by atoms with Crippen LogP contribution in [0.2, 0.25) is 0 Å². The van der Waals surface area contributed by atoms with Crippen LogP contribution in [0, 0.1) is 0 Å². The van der Waals surface area contributed by atoms with Gasteiger partial charge in [-0.1, -0.05) is 12.2 Å². The number of rotatable bonds is 4. The number of aromatic nitrogens is 2. The van der Waals surface area contributed by atoms with Crippen molar-refractivity contribution in [1.82, 2.24) is 14.5 Å². The maximum Gasteiger partial charge on any atom is 0.293 e. The highest BCUT2D eigenvalue weighted by Crippen LogP contribution is 2.33. The third-order valence-electron chi connectivity index (χ3n) is 4.36. The third-order valence-corrected chi connectivity index (χ3v) is 4.70. The van der Waals surface area contributed by atoms with Gasteiger partial charge in [0.2, 0.25) is 0 Å². The van der Waals surface area contributed by atoms with Gasteiger partial charge < -0.3 is 15.2 Å². The standard InChI is InChI=1S/C14H21N5OS/c1-10(12(15)21)17-6-8-18(9-7-17)13-14(20)19(5-4-16-13)11-2-3-11/h4-5,10-11H,2-3,6-9H2,1H3,(H2,15,21). The zero-order valence-electron chi connectivity index (χ0n) is 12.2. The lowest BCUT2D eigenvalue weighted by molar-refractivity contribution is 0.238. The summed E-state index contributed by atoms with van der Waals surface area (Å²) in [5.41, 5.74) is 5.75. The summed E-state index contributed by atoms with van der Waals surface area (Å²) in [7, 11) is 0. The van der Waals surface area contributed by atoms with E-state index < -0.39 is 0 Å². The van der Waals surface area contributed by atoms with Gasteiger partial charge in [0.15, 0.2) is 5.82 Å². The number of hydrogen-bond donors (Lipinski definition) is 1. The van der Waals surface area contributed by atoms with E-state index in [1.165, 1.54) is 0 Å². The van der Waals surface area contributed by atoms with Crippen LogP contribution >= 0.6 is 12.2 Å². The topological polar surface area (TPSA) is 67.4 Å². The Kier molecular flexibility index (Phi) is 3.95. The molecule has 1 saturated carbocycles. The lowest BCUT2D eigenvalue weighted by atomic mass is 10.2. The van der Waals surface area contributed by atoms with Crippen LogP contribution in [-0.2, 0) is 0 Å². The Balaban J connectivity index is 1.71. The Hall–Kier alpha value is -1.47. The van der Waals surface area contributed by atoms with Crippen LogP contribution in [-0.4, -0.2) is 51.7 Å². The molecule has 0 radical (unpaired) electrons. The molecule has 21 heavy (non-hydrogen) atoms. The molecule has 0 bridgehead atoms. The maximum atomic E-state index is 12.5. The summed E-state index contributed by atoms with van der Waals surface area (Å²) >= 11 is 5.05. The van der Waals surface area contributed by atoms with E-state index in [1.807, 2.05) is 11.5 Å². The van der Waals surface area contributed by atoms with Gasteiger partial charge in [0.25, 0.3) is 5.56 Å². The Labute approximate surface area is 129 Å². The Bertz CT molecular complexity index is 589. The summed E-state index contributed by atoms with van der Waals surface area (Å²) in [6.07, 6.45) is 5.74. The molecule has 1 aromatic heterocycles. The molecule has 2 heterocycles. The molecule has 7 heteroatoms. The van der Waals surface area contributed by atoms with E-state index in [1.54, 1.807) is 12.4 Å². The third kappa shape index (κ3) is 2.94. The van der Waals surface area contributed by atoms with Crippen LogP contribution in [0.3, 0.4) is 0 Å². The highest BCUT2D eigenvalue weighted by Gasteiger charge is 2.28. The van der Waals surface area contributed by atoms with E-state index in [4.69, 9.17) is 18.0 Å². The van der Waals surface area contributed by atoms with Crippen molar-refractivity contribution in [1.29, 1.82) is 0 Å². The summed E-state index contributed by atoms with van der Waals surface area (Å²) < 4.78 is 1.83. The molecule has 1 unspecified atom stereocenters. The quantitative estimate of drug-likeness (QED) is 0.811. The van der Waals surface area contributed by atoms with Gasteiger partial charge in [0.1, 0.15) is 0 Å². The van der Waals surface area contributed by atoms with Gasteiger partial charge in [-0.15, -0.1) is 0 Å². The van der Waals surface area contributed by atoms with E-state index in [-0.39, 0.29) is 11.6 Å². The highest BCUT2D eigenvalue weighted by atomic mass is 32.1. The predicted molar refractivity (Wildman–Crippen MR) is 86.8 cm³/mol. The fraction of sp³-hybridized carbons (Fsp3) is 0.643. The van der Waals surface area contributed by atoms with Gasteiger partial charge in [-0.2, -0.15) is 0 Å². The molecule has 114 valence electrons. The normalized spacial score (nSPS) is 21.3. The van der Waals surface area contributed by atoms with Crippen LogP contribution in [0.4, 0.5) is 5.82 Å². The van der Waals surface area contributed by atoms with Crippen molar-refractivity contribution in [2.75, 3.05) is 31.1 Å². The Morgan fingerprint density at radius 1 is 1.38 bits per heavy atom. The molecule has 0 amide bonds. The van der Waals surface area contributed by atoms with Gasteiger partial charge in [-0.05, 0) is 19.8 Å². The minimum absolute atomic E-state index is 0.0378. The van der Waals surface area contributed by atoms with Crippen LogP contribution in [0.1, 0.15) is 25.8 Å². The largest absolute Gasteiger partial charge is 0.392 e. The monoisotopic (exact) mass is 307 g/mol. The van der Waals surface area contributed by atoms with Gasteiger partial charge in [0, 0.05) is 44.6 Å². The fourth-order valence-electron chi connectivity index (χ4n) is 2.77. The zero-order chi connectivity index (χ0) is 15.0. The number of nitrogens with two attached hydrogens (primary N) is 1. The molecule has 0 spiro atoms. The number of thiocarbonyl (C=S) groups is 1. The van der Waals surface area contributed by atoms with Crippen molar-refractivity contribution in [2.24, 2.45) is 5.73 Å². The molecule has 0 aromatic carbocycles. The van der Waals surface area contributed by atoms with E-state index in [9.17, 15) is 4.79 Å². The molecule has 1 saturated heterocycles. The molecule has 1 atom stereocenters. The van der Waals surface area contributed by atoms with Crippen molar-refractivity contribution in [3.8, 4) is 0 Å². The van der Waals surface area contributed by atoms with Crippen LogP contribution < -0.4 is 16.2 Å². The molecule has 1 aliphatic heterocycles. The van der Waals surface area contributed by atoms with Gasteiger partial charge >= 0.3 is 0 Å². The lowest BCUT2D eigenvalue weighted by Gasteiger charge is -2.37. The second kappa shape index (κ2) is 5.73. The fourth-order valence-corrected chi connectivity index (χ4v) is 2.92. The minimum Gasteiger partial charge on any atom is -0.392 e. The second-order valence-electron chi connectivity index (χ2n) is 5.80. The van der Waals surface area contributed by atoms with Crippen molar-refractivity contribution in [3.05, 3.63) is 22.7 Å². The smallest absolute Gasteiger partial charge is 0.293 e. The summed E-state index contributed by atoms with van der Waals surface area (Å²) in [6, 6.07) is 0.490. The predicted octanol–water partition coefficient (Wildman–Crippen LogP) is 0.375. The van der Waals surface area contributed by atoms with E-state index in [2.05, 4.69) is 14.8 Å². The average molecular weight is 307 g/mol. The molecule has 1 aromatic rings. The first-order valence-electron chi connectivity index (χ1n) is 7.43. The van der Waals surface area contributed by atoms with Gasteiger partial charge in [-0.25, -0.2) is 4.98 Å². The SMILES string of the molecule is CC(C(N)=S)N1CCN(c2nccn(C3CC3)c2=O)CC1. The molecular weight excluding hydrogens is 286 g/mol. The molecule has 2 fully saturated rings. The number of nitrogens with zero attached hydrogens (tertiary/aromatic N) is 4. The summed E-state index contributed by atoms with van der Waals surface area (Å²) in [5.74, 6) is 0.576. The maximum absolute atomic E-state index is 12.5. The molecule has 6 nitrogen and oxygen atoms in total. The molecule has 1 aliphatic carbocycles. The first-order chi connectivity index (χ1) is 10.1. The molecule has 2 N–H and O–H groups in total. The van der Waals surface area contributed by atoms with E-state index in [0.717, 1.165) is 39.0 Å². The number of anilines is 1. The number of piperazine rings is 1. The molecule has 2 aliphatic rings. The highest BCUT2D eigenvalue weighted by molar-refractivity contribution is 7.80. The molecule has 3 rings (SSSR count). The Morgan fingerprint density at radius 2 is 2.05 bits per heavy atom. The van der Waals surface area contributed by atoms with Crippen molar-refractivity contribution < 1.29 is 0 Å². The van der Waals surface area contributed by atoms with Crippen molar-refractivity contribution >= 4 is 23.0 Å². The van der Waals surface area contributed by atoms with Gasteiger partial charge in [-0.3, -0.25) is 9.69 Å². The van der Waals surface area contributed by atoms with Crippen LogP contribution in [0.25, 0.3) is 0 Å². The van der Waals surface area contributed by atoms with Crippen LogP contribution in [0.5, 0.6) is 0 Å². The summed E-state index contributed by atoms with van der Waals surface area (Å²) in [4.78, 5) is 21.6. The molecular formula is C14H21N5OS. The minimum atomic E-state index is 0.0378. The lowest BCUT2D eigenvalue weighted by Crippen LogP contribution is -2.53. The Morgan fingerprint density at radius 3 is 2.62 bits per heavy atom. The van der Waals surface area contributed by atoms with Crippen molar-refractivity contribution in [3.63, 3.8) is 0 Å². The zero-order valence-corrected chi connectivity index (χ0v) is 13.1. The van der Waals surface area contributed by atoms with Crippen LogP contribution in [0.15, 0.2) is 17.2 Å². The van der Waals surface area contributed by atoms with E-state index in [0.29, 0.717) is 16.8 Å². The summed E-state index contributed by atoms with van der Waals surface area (Å²) in [6.45, 7) is 5.28. The van der Waals surface area contributed by atoms with Crippen molar-refractivity contribution in [2.45, 2.75) is 31.8 Å². The first-order valence-corrected chi connectivity index (χ1v) is 7.84. The first kappa shape index (κ1) is 14.5. The second-order valence-corrected chi connectivity index (χ2v) is 6.27.